The van der Waals surface area contributed by atoms with Crippen LogP contribution in [0.15, 0.2) is 16.6 Å². The van der Waals surface area contributed by atoms with E-state index in [2.05, 4.69) is 15.2 Å². The molecule has 4 heterocycles. The molecule has 1 fully saturated rings. The van der Waals surface area contributed by atoms with Gasteiger partial charge in [-0.3, -0.25) is 9.48 Å². The molecule has 0 radical (unpaired) electrons. The fraction of sp³-hybridized carbons (Fsp3) is 0.556. The number of oxime groups is 1. The number of amides is 1. The molecule has 162 valence electrons. The molecule has 0 bridgehead atoms. The van der Waals surface area contributed by atoms with E-state index in [1.54, 1.807) is 16.2 Å². The summed E-state index contributed by atoms with van der Waals surface area (Å²) >= 11 is 1.55. The van der Waals surface area contributed by atoms with Crippen LogP contribution in [-0.4, -0.2) is 51.0 Å². The molecule has 4 rings (SSSR count). The van der Waals surface area contributed by atoms with Crippen molar-refractivity contribution in [3.8, 4) is 0 Å². The third kappa shape index (κ3) is 4.32. The van der Waals surface area contributed by atoms with E-state index >= 15 is 0 Å². The molecular formula is C18H19F4N5O2S. The molecule has 0 aromatic carbocycles. The lowest BCUT2D eigenvalue weighted by Crippen LogP contribution is -2.40. The SMILES string of the molecule is O=C(Cn1nc(C(F)F)cc1C(F)F)N1CCC(c2nc(C3=NOCC3)cs2)CC1. The van der Waals surface area contributed by atoms with Crippen molar-refractivity contribution >= 4 is 23.0 Å². The molecule has 2 aliphatic rings. The first-order valence-electron chi connectivity index (χ1n) is 9.48. The summed E-state index contributed by atoms with van der Waals surface area (Å²) in [4.78, 5) is 23.7. The molecule has 2 aromatic rings. The Hall–Kier alpha value is -2.50. The van der Waals surface area contributed by atoms with Gasteiger partial charge in [0.1, 0.15) is 30.3 Å². The van der Waals surface area contributed by atoms with Gasteiger partial charge in [0.25, 0.3) is 12.9 Å². The molecule has 0 N–H and O–H groups in total. The van der Waals surface area contributed by atoms with E-state index in [0.29, 0.717) is 43.3 Å². The average molecular weight is 445 g/mol. The number of rotatable bonds is 6. The standard InChI is InChI=1S/C18H19F4N5O2S/c19-16(20)12-7-14(17(21)22)27(24-12)8-15(28)26-4-1-10(2-5-26)18-23-13(9-30-18)11-3-6-29-25-11/h7,9-10,16-17H,1-6,8H2. The van der Waals surface area contributed by atoms with Gasteiger partial charge in [0.05, 0.1) is 10.7 Å². The number of carbonyl (C=O) groups excluding carboxylic acids is 1. The highest BCUT2D eigenvalue weighted by Crippen LogP contribution is 2.31. The summed E-state index contributed by atoms with van der Waals surface area (Å²) in [5, 5.41) is 10.4. The van der Waals surface area contributed by atoms with Crippen LogP contribution >= 0.6 is 11.3 Å². The van der Waals surface area contributed by atoms with E-state index in [1.165, 1.54) is 0 Å². The minimum absolute atomic E-state index is 0.197. The topological polar surface area (TPSA) is 72.6 Å². The molecule has 12 heteroatoms. The van der Waals surface area contributed by atoms with Gasteiger partial charge < -0.3 is 9.74 Å². The van der Waals surface area contributed by atoms with Crippen molar-refractivity contribution in [1.29, 1.82) is 0 Å². The maximum Gasteiger partial charge on any atom is 0.282 e. The molecule has 0 saturated carbocycles. The fourth-order valence-corrected chi connectivity index (χ4v) is 4.56. The van der Waals surface area contributed by atoms with Crippen LogP contribution < -0.4 is 0 Å². The smallest absolute Gasteiger partial charge is 0.282 e. The Morgan fingerprint density at radius 2 is 2.00 bits per heavy atom. The molecule has 2 aromatic heterocycles. The molecule has 2 aliphatic heterocycles. The Morgan fingerprint density at radius 1 is 1.23 bits per heavy atom. The lowest BCUT2D eigenvalue weighted by molar-refractivity contribution is -0.133. The van der Waals surface area contributed by atoms with E-state index in [1.807, 2.05) is 5.38 Å². The second kappa shape index (κ2) is 8.70. The summed E-state index contributed by atoms with van der Waals surface area (Å²) in [6.07, 6.45) is -3.86. The number of hydrogen-bond donors (Lipinski definition) is 0. The minimum atomic E-state index is -2.99. The van der Waals surface area contributed by atoms with Crippen LogP contribution in [0.5, 0.6) is 0 Å². The number of alkyl halides is 4. The Bertz CT molecular complexity index is 937. The van der Waals surface area contributed by atoms with Gasteiger partial charge >= 0.3 is 0 Å². The van der Waals surface area contributed by atoms with Gasteiger partial charge in [0.15, 0.2) is 0 Å². The first-order valence-corrected chi connectivity index (χ1v) is 10.4. The zero-order valence-electron chi connectivity index (χ0n) is 15.8. The van der Waals surface area contributed by atoms with Crippen molar-refractivity contribution in [2.45, 2.75) is 44.6 Å². The molecule has 1 saturated heterocycles. The fourth-order valence-electron chi connectivity index (χ4n) is 3.56. The Morgan fingerprint density at radius 3 is 2.63 bits per heavy atom. The van der Waals surface area contributed by atoms with Crippen LogP contribution in [-0.2, 0) is 16.2 Å². The summed E-state index contributed by atoms with van der Waals surface area (Å²) in [6, 6.07) is 0.647. The molecule has 30 heavy (non-hydrogen) atoms. The van der Waals surface area contributed by atoms with Gasteiger partial charge in [0, 0.05) is 30.8 Å². The van der Waals surface area contributed by atoms with Crippen molar-refractivity contribution in [3.05, 3.63) is 33.5 Å². The highest BCUT2D eigenvalue weighted by atomic mass is 32.1. The summed E-state index contributed by atoms with van der Waals surface area (Å²) in [5.41, 5.74) is 0.220. The third-order valence-corrected chi connectivity index (χ3v) is 6.19. The van der Waals surface area contributed by atoms with Crippen LogP contribution in [0.1, 0.15) is 60.1 Å². The van der Waals surface area contributed by atoms with Gasteiger partial charge in [-0.1, -0.05) is 5.16 Å². The number of nitrogens with zero attached hydrogens (tertiary/aromatic N) is 5. The van der Waals surface area contributed by atoms with Crippen LogP contribution in [0.3, 0.4) is 0 Å². The summed E-state index contributed by atoms with van der Waals surface area (Å²) in [5.74, 6) is -0.223. The lowest BCUT2D eigenvalue weighted by Gasteiger charge is -2.31. The third-order valence-electron chi connectivity index (χ3n) is 5.18. The second-order valence-electron chi connectivity index (χ2n) is 7.10. The zero-order chi connectivity index (χ0) is 21.3. The number of aromatic nitrogens is 3. The first kappa shape index (κ1) is 20.8. The Balaban J connectivity index is 1.36. The molecule has 0 atom stereocenters. The maximum atomic E-state index is 13.1. The van der Waals surface area contributed by atoms with Gasteiger partial charge in [-0.15, -0.1) is 11.3 Å². The molecule has 1 amide bonds. The van der Waals surface area contributed by atoms with Gasteiger partial charge in [0.2, 0.25) is 5.91 Å². The predicted molar refractivity (Wildman–Crippen MR) is 99.9 cm³/mol. The molecule has 0 unspecified atom stereocenters. The molecule has 7 nitrogen and oxygen atoms in total. The predicted octanol–water partition coefficient (Wildman–Crippen LogP) is 3.75. The Kier molecular flexibility index (Phi) is 6.02. The quantitative estimate of drug-likeness (QED) is 0.635. The summed E-state index contributed by atoms with van der Waals surface area (Å²) < 4.78 is 52.4. The Labute approximate surface area is 173 Å². The highest BCUT2D eigenvalue weighted by Gasteiger charge is 2.28. The highest BCUT2D eigenvalue weighted by molar-refractivity contribution is 7.10. The average Bonchev–Trinajstić information content (AvgIpc) is 3.47. The second-order valence-corrected chi connectivity index (χ2v) is 7.99. The number of halogens is 4. The maximum absolute atomic E-state index is 13.1. The van der Waals surface area contributed by atoms with Crippen molar-refractivity contribution < 1.29 is 27.2 Å². The van der Waals surface area contributed by atoms with E-state index in [4.69, 9.17) is 4.84 Å². The van der Waals surface area contributed by atoms with E-state index < -0.39 is 36.7 Å². The van der Waals surface area contributed by atoms with Crippen molar-refractivity contribution in [2.75, 3.05) is 19.7 Å². The van der Waals surface area contributed by atoms with Crippen LogP contribution in [0.2, 0.25) is 0 Å². The number of hydrogen-bond acceptors (Lipinski definition) is 6. The summed E-state index contributed by atoms with van der Waals surface area (Å²) in [6.45, 7) is 0.953. The zero-order valence-corrected chi connectivity index (χ0v) is 16.6. The van der Waals surface area contributed by atoms with Gasteiger partial charge in [-0.2, -0.15) is 5.10 Å². The largest absolute Gasteiger partial charge is 0.395 e. The first-order chi connectivity index (χ1) is 14.4. The van der Waals surface area contributed by atoms with E-state index in [9.17, 15) is 22.4 Å². The van der Waals surface area contributed by atoms with Crippen LogP contribution in [0.25, 0.3) is 0 Å². The van der Waals surface area contributed by atoms with Gasteiger partial charge in [-0.05, 0) is 18.9 Å². The number of likely N-dealkylation sites (tertiary alicyclic amines) is 1. The van der Waals surface area contributed by atoms with Crippen molar-refractivity contribution in [2.24, 2.45) is 5.16 Å². The molecule has 0 aliphatic carbocycles. The summed E-state index contributed by atoms with van der Waals surface area (Å²) in [7, 11) is 0. The number of thiazole rings is 1. The van der Waals surface area contributed by atoms with Crippen molar-refractivity contribution in [3.63, 3.8) is 0 Å². The van der Waals surface area contributed by atoms with Crippen molar-refractivity contribution in [1.82, 2.24) is 19.7 Å². The van der Waals surface area contributed by atoms with Crippen LogP contribution in [0, 0.1) is 0 Å². The lowest BCUT2D eigenvalue weighted by atomic mass is 9.97. The van der Waals surface area contributed by atoms with E-state index in [0.717, 1.165) is 22.8 Å². The van der Waals surface area contributed by atoms with Gasteiger partial charge in [-0.25, -0.2) is 22.5 Å². The molecule has 0 spiro atoms. The molecular weight excluding hydrogens is 426 g/mol. The van der Waals surface area contributed by atoms with Crippen LogP contribution in [0.4, 0.5) is 17.6 Å². The van der Waals surface area contributed by atoms with E-state index in [-0.39, 0.29) is 5.92 Å². The monoisotopic (exact) mass is 445 g/mol. The number of piperidine rings is 1. The number of carbonyl (C=O) groups is 1. The minimum Gasteiger partial charge on any atom is -0.395 e. The normalized spacial score (nSPS) is 17.7.